The highest BCUT2D eigenvalue weighted by molar-refractivity contribution is 5.69. The van der Waals surface area contributed by atoms with Gasteiger partial charge in [-0.25, -0.2) is 0 Å². The number of carboxylic acid groups (broad SMARTS) is 2. The average molecular weight is 450 g/mol. The largest absolute Gasteiger partial charge is 0.480 e. The lowest BCUT2D eigenvalue weighted by atomic mass is 10.2. The molecule has 0 aliphatic carbocycles. The maximum atomic E-state index is 11.2. The van der Waals surface area contributed by atoms with Crippen LogP contribution >= 0.6 is 0 Å². The fourth-order valence-corrected chi connectivity index (χ4v) is 3.59. The maximum Gasteiger partial charge on any atom is 0.317 e. The van der Waals surface area contributed by atoms with Gasteiger partial charge in [-0.15, -0.1) is 0 Å². The molecule has 1 aliphatic heterocycles. The Morgan fingerprint density at radius 1 is 0.839 bits per heavy atom. The summed E-state index contributed by atoms with van der Waals surface area (Å²) in [5.74, 6) is -1.84. The molecule has 0 saturated carbocycles. The van der Waals surface area contributed by atoms with Crippen molar-refractivity contribution >= 4 is 11.9 Å². The number of rotatable bonds is 11. The molecule has 2 unspecified atom stereocenters. The van der Waals surface area contributed by atoms with Crippen LogP contribution in [-0.4, -0.2) is 168 Å². The van der Waals surface area contributed by atoms with E-state index in [1.165, 1.54) is 0 Å². The van der Waals surface area contributed by atoms with Crippen LogP contribution in [-0.2, 0) is 9.59 Å². The molecule has 0 bridgehead atoms. The van der Waals surface area contributed by atoms with Crippen LogP contribution in [0.3, 0.4) is 0 Å². The van der Waals surface area contributed by atoms with E-state index >= 15 is 0 Å². The SMILES string of the molecule is CN(CC(O)CO)CC(O)CN1CCNCCN(CC(=O)O)CCN(CC(=O)O)CC1. The normalized spacial score (nSPS) is 20.7. The van der Waals surface area contributed by atoms with E-state index < -0.39 is 24.1 Å². The first kappa shape index (κ1) is 27.7. The molecule has 0 aromatic carbocycles. The Balaban J connectivity index is 2.65. The Bertz CT molecular complexity index is 528. The number of carbonyl (C=O) groups is 2. The van der Waals surface area contributed by atoms with Gasteiger partial charge in [0, 0.05) is 72.0 Å². The van der Waals surface area contributed by atoms with Gasteiger partial charge in [-0.2, -0.15) is 0 Å². The molecule has 2 atom stereocenters. The zero-order valence-corrected chi connectivity index (χ0v) is 18.4. The van der Waals surface area contributed by atoms with Gasteiger partial charge in [0.15, 0.2) is 0 Å². The average Bonchev–Trinajstić information content (AvgIpc) is 2.66. The van der Waals surface area contributed by atoms with E-state index in [1.54, 1.807) is 21.7 Å². The van der Waals surface area contributed by atoms with Gasteiger partial charge in [0.1, 0.15) is 0 Å². The van der Waals surface area contributed by atoms with Crippen LogP contribution in [0.15, 0.2) is 0 Å². The third-order valence-corrected chi connectivity index (χ3v) is 5.12. The van der Waals surface area contributed by atoms with Gasteiger partial charge in [0.05, 0.1) is 31.9 Å². The highest BCUT2D eigenvalue weighted by atomic mass is 16.4. The van der Waals surface area contributed by atoms with Crippen LogP contribution in [0.5, 0.6) is 0 Å². The number of likely N-dealkylation sites (N-methyl/N-ethyl adjacent to an activating group) is 1. The first-order valence-electron chi connectivity index (χ1n) is 10.7. The minimum absolute atomic E-state index is 0.0839. The summed E-state index contributed by atoms with van der Waals surface area (Å²) in [7, 11) is 1.76. The molecule has 182 valence electrons. The summed E-state index contributed by atoms with van der Waals surface area (Å²) < 4.78 is 0. The quantitative estimate of drug-likeness (QED) is 0.184. The number of hydrogen-bond acceptors (Lipinski definition) is 10. The molecule has 1 fully saturated rings. The monoisotopic (exact) mass is 449 g/mol. The lowest BCUT2D eigenvalue weighted by Gasteiger charge is -2.32. The Morgan fingerprint density at radius 2 is 1.29 bits per heavy atom. The van der Waals surface area contributed by atoms with Crippen molar-refractivity contribution in [2.24, 2.45) is 0 Å². The number of hydrogen-bond donors (Lipinski definition) is 6. The molecule has 1 saturated heterocycles. The number of aliphatic hydroxyl groups is 3. The van der Waals surface area contributed by atoms with Crippen LogP contribution in [0.1, 0.15) is 0 Å². The molecule has 12 heteroatoms. The molecule has 0 aromatic heterocycles. The van der Waals surface area contributed by atoms with Gasteiger partial charge in [0.25, 0.3) is 0 Å². The number of nitrogens with one attached hydrogen (secondary N) is 1. The molecule has 1 rings (SSSR count). The number of carboxylic acids is 2. The molecule has 0 spiro atoms. The molecule has 1 heterocycles. The van der Waals surface area contributed by atoms with Gasteiger partial charge in [-0.1, -0.05) is 0 Å². The second kappa shape index (κ2) is 15.4. The van der Waals surface area contributed by atoms with Gasteiger partial charge in [-0.3, -0.25) is 24.3 Å². The van der Waals surface area contributed by atoms with Gasteiger partial charge < -0.3 is 35.7 Å². The molecule has 1 aliphatic rings. The Hall–Kier alpha value is -1.38. The van der Waals surface area contributed by atoms with Crippen molar-refractivity contribution in [3.63, 3.8) is 0 Å². The Kier molecular flexibility index (Phi) is 13.8. The third-order valence-electron chi connectivity index (χ3n) is 5.12. The molecule has 0 aromatic rings. The van der Waals surface area contributed by atoms with E-state index in [0.29, 0.717) is 65.4 Å². The lowest BCUT2D eigenvalue weighted by molar-refractivity contribution is -0.140. The van der Waals surface area contributed by atoms with Crippen LogP contribution in [0, 0.1) is 0 Å². The molecule has 12 nitrogen and oxygen atoms in total. The maximum absolute atomic E-state index is 11.2. The summed E-state index contributed by atoms with van der Waals surface area (Å²) in [5, 5.41) is 50.5. The summed E-state index contributed by atoms with van der Waals surface area (Å²) in [6, 6.07) is 0. The molecule has 6 N–H and O–H groups in total. The summed E-state index contributed by atoms with van der Waals surface area (Å²) in [5.41, 5.74) is 0. The van der Waals surface area contributed by atoms with E-state index in [2.05, 4.69) is 10.2 Å². The minimum Gasteiger partial charge on any atom is -0.480 e. The van der Waals surface area contributed by atoms with Crippen molar-refractivity contribution in [1.29, 1.82) is 0 Å². The number of aliphatic carboxylic acids is 2. The van der Waals surface area contributed by atoms with Crippen molar-refractivity contribution in [2.45, 2.75) is 12.2 Å². The summed E-state index contributed by atoms with van der Waals surface area (Å²) in [6.07, 6.45) is -1.52. The third kappa shape index (κ3) is 13.6. The Labute approximate surface area is 183 Å². The van der Waals surface area contributed by atoms with E-state index in [4.69, 9.17) is 10.2 Å². The van der Waals surface area contributed by atoms with Crippen LogP contribution in [0.2, 0.25) is 0 Å². The van der Waals surface area contributed by atoms with Gasteiger partial charge >= 0.3 is 11.9 Å². The van der Waals surface area contributed by atoms with Crippen LogP contribution in [0.25, 0.3) is 0 Å². The molecular formula is C19H39N5O7. The molecule has 0 amide bonds. The zero-order chi connectivity index (χ0) is 23.2. The number of nitrogens with zero attached hydrogens (tertiary/aromatic N) is 4. The second-order valence-corrected chi connectivity index (χ2v) is 8.10. The first-order valence-corrected chi connectivity index (χ1v) is 10.7. The predicted molar refractivity (Wildman–Crippen MR) is 114 cm³/mol. The molecule has 0 radical (unpaired) electrons. The lowest BCUT2D eigenvalue weighted by Crippen LogP contribution is -2.49. The highest BCUT2D eigenvalue weighted by Gasteiger charge is 2.19. The van der Waals surface area contributed by atoms with E-state index in [-0.39, 0.29) is 26.2 Å². The van der Waals surface area contributed by atoms with Gasteiger partial charge in [-0.05, 0) is 7.05 Å². The van der Waals surface area contributed by atoms with Crippen molar-refractivity contribution < 1.29 is 35.1 Å². The van der Waals surface area contributed by atoms with Crippen molar-refractivity contribution in [3.8, 4) is 0 Å². The number of aliphatic hydroxyl groups excluding tert-OH is 3. The number of β-amino-alcohol motifs (C(OH)–C–C–N with tert-alkyl or cyclic N) is 1. The fourth-order valence-electron chi connectivity index (χ4n) is 3.59. The second-order valence-electron chi connectivity index (χ2n) is 8.10. The fraction of sp³-hybridized carbons (Fsp3) is 0.895. The smallest absolute Gasteiger partial charge is 0.317 e. The summed E-state index contributed by atoms with van der Waals surface area (Å²) in [4.78, 5) is 29.7. The van der Waals surface area contributed by atoms with E-state index in [1.807, 2.05) is 0 Å². The predicted octanol–water partition coefficient (Wildman–Crippen LogP) is -3.69. The molecule has 31 heavy (non-hydrogen) atoms. The minimum atomic E-state index is -0.936. The van der Waals surface area contributed by atoms with E-state index in [9.17, 15) is 24.9 Å². The van der Waals surface area contributed by atoms with Crippen molar-refractivity contribution in [3.05, 3.63) is 0 Å². The summed E-state index contributed by atoms with van der Waals surface area (Å²) in [6.45, 7) is 4.88. The topological polar surface area (TPSA) is 160 Å². The zero-order valence-electron chi connectivity index (χ0n) is 18.4. The highest BCUT2D eigenvalue weighted by Crippen LogP contribution is 2.01. The van der Waals surface area contributed by atoms with E-state index in [0.717, 1.165) is 0 Å². The van der Waals surface area contributed by atoms with Gasteiger partial charge in [0.2, 0.25) is 0 Å². The first-order chi connectivity index (χ1) is 14.7. The molecular weight excluding hydrogens is 410 g/mol. The van der Waals surface area contributed by atoms with Crippen molar-refractivity contribution in [1.82, 2.24) is 24.9 Å². The van der Waals surface area contributed by atoms with Crippen LogP contribution in [0.4, 0.5) is 0 Å². The standard InChI is InChI=1S/C19H39N5O7/c1-21(11-17(27)15-25)10-16(26)12-22-4-2-20-3-5-23(13-18(28)29)7-9-24(8-6-22)14-19(30)31/h16-17,20,25-27H,2-15H2,1H3,(H,28,29)(H,30,31). The Morgan fingerprint density at radius 3 is 1.81 bits per heavy atom. The van der Waals surface area contributed by atoms with Crippen molar-refractivity contribution in [2.75, 3.05) is 98.7 Å². The van der Waals surface area contributed by atoms with Crippen LogP contribution < -0.4 is 5.32 Å². The summed E-state index contributed by atoms with van der Waals surface area (Å²) >= 11 is 0.